The molecule has 0 saturated heterocycles. The fourth-order valence-electron chi connectivity index (χ4n) is 2.82. The van der Waals surface area contributed by atoms with Crippen LogP contribution in [0.15, 0.2) is 65.6 Å². The van der Waals surface area contributed by atoms with Crippen LogP contribution < -0.4 is 10.1 Å². The summed E-state index contributed by atoms with van der Waals surface area (Å²) in [6.07, 6.45) is 0. The Morgan fingerprint density at radius 2 is 1.75 bits per heavy atom. The van der Waals surface area contributed by atoms with Crippen LogP contribution in [0.5, 0.6) is 5.75 Å². The molecule has 0 saturated carbocycles. The van der Waals surface area contributed by atoms with Gasteiger partial charge in [0.25, 0.3) is 5.91 Å². The zero-order valence-electron chi connectivity index (χ0n) is 16.0. The summed E-state index contributed by atoms with van der Waals surface area (Å²) in [5, 5.41) is 4.85. The van der Waals surface area contributed by atoms with Crippen molar-refractivity contribution in [2.75, 3.05) is 26.0 Å². The van der Waals surface area contributed by atoms with Gasteiger partial charge in [-0.25, -0.2) is 12.7 Å². The van der Waals surface area contributed by atoms with Crippen LogP contribution in [0, 0.1) is 6.92 Å². The molecule has 6 nitrogen and oxygen atoms in total. The number of carbonyl (C=O) groups excluding carboxylic acids is 1. The smallest absolute Gasteiger partial charge is 0.262 e. The first-order valence-electron chi connectivity index (χ1n) is 8.72. The summed E-state index contributed by atoms with van der Waals surface area (Å²) in [5.41, 5.74) is 1.36. The summed E-state index contributed by atoms with van der Waals surface area (Å²) in [6, 6.07) is 18.1. The summed E-state index contributed by atoms with van der Waals surface area (Å²) in [4.78, 5) is 12.5. The van der Waals surface area contributed by atoms with Gasteiger partial charge in [0.05, 0.1) is 4.90 Å². The lowest BCUT2D eigenvalue weighted by Gasteiger charge is -2.14. The second kappa shape index (κ2) is 8.00. The maximum Gasteiger partial charge on any atom is 0.262 e. The number of ether oxygens (including phenoxy) is 1. The average Bonchev–Trinajstić information content (AvgIpc) is 2.67. The highest BCUT2D eigenvalue weighted by Crippen LogP contribution is 2.24. The Labute approximate surface area is 164 Å². The van der Waals surface area contributed by atoms with Gasteiger partial charge in [-0.2, -0.15) is 0 Å². The topological polar surface area (TPSA) is 75.7 Å². The van der Waals surface area contributed by atoms with Gasteiger partial charge >= 0.3 is 0 Å². The molecule has 1 amide bonds. The average molecular weight is 398 g/mol. The molecule has 28 heavy (non-hydrogen) atoms. The van der Waals surface area contributed by atoms with Crippen LogP contribution in [-0.4, -0.2) is 39.3 Å². The van der Waals surface area contributed by atoms with Crippen LogP contribution in [0.2, 0.25) is 0 Å². The lowest BCUT2D eigenvalue weighted by Crippen LogP contribution is -2.22. The first kappa shape index (κ1) is 19.9. The molecule has 0 aliphatic heterocycles. The molecule has 1 N–H and O–H groups in total. The fourth-order valence-corrected chi connectivity index (χ4v) is 3.81. The van der Waals surface area contributed by atoms with Gasteiger partial charge in [-0.1, -0.05) is 36.4 Å². The van der Waals surface area contributed by atoms with E-state index in [9.17, 15) is 13.2 Å². The molecule has 0 atom stereocenters. The Morgan fingerprint density at radius 3 is 2.46 bits per heavy atom. The molecule has 0 unspecified atom stereocenters. The number of nitrogens with one attached hydrogen (secondary N) is 1. The standard InChI is InChI=1S/C21H22N2O4S/c1-15-13-17(28(25,26)23(2)3)11-12-20(15)27-14-21(24)22-19-10-6-8-16-7-4-5-9-18(16)19/h4-13H,14H2,1-3H3,(H,22,24). The van der Waals surface area contributed by atoms with Crippen molar-refractivity contribution in [3.63, 3.8) is 0 Å². The molecular weight excluding hydrogens is 376 g/mol. The Hall–Kier alpha value is -2.90. The molecule has 0 fully saturated rings. The number of nitrogens with zero attached hydrogens (tertiary/aromatic N) is 1. The summed E-state index contributed by atoms with van der Waals surface area (Å²) < 4.78 is 31.1. The van der Waals surface area contributed by atoms with E-state index in [-0.39, 0.29) is 17.4 Å². The highest BCUT2D eigenvalue weighted by molar-refractivity contribution is 7.89. The molecule has 3 rings (SSSR count). The van der Waals surface area contributed by atoms with Crippen molar-refractivity contribution in [2.45, 2.75) is 11.8 Å². The molecule has 0 heterocycles. The minimum absolute atomic E-state index is 0.177. The molecule has 7 heteroatoms. The number of hydrogen-bond acceptors (Lipinski definition) is 4. The highest BCUT2D eigenvalue weighted by atomic mass is 32.2. The van der Waals surface area contributed by atoms with Crippen molar-refractivity contribution in [3.8, 4) is 5.75 Å². The van der Waals surface area contributed by atoms with Gasteiger partial charge in [-0.05, 0) is 42.1 Å². The maximum atomic E-state index is 12.3. The number of sulfonamides is 1. The Kier molecular flexibility index (Phi) is 5.67. The molecule has 0 bridgehead atoms. The van der Waals surface area contributed by atoms with Gasteiger partial charge in [0, 0.05) is 25.2 Å². The normalized spacial score (nSPS) is 11.6. The Bertz CT molecular complexity index is 1120. The maximum absolute atomic E-state index is 12.3. The van der Waals surface area contributed by atoms with E-state index in [0.29, 0.717) is 11.3 Å². The number of rotatable bonds is 6. The van der Waals surface area contributed by atoms with Crippen molar-refractivity contribution in [1.82, 2.24) is 4.31 Å². The number of anilines is 1. The molecule has 0 aliphatic rings. The van der Waals surface area contributed by atoms with Crippen LogP contribution in [0.25, 0.3) is 10.8 Å². The lowest BCUT2D eigenvalue weighted by atomic mass is 10.1. The number of hydrogen-bond donors (Lipinski definition) is 1. The highest BCUT2D eigenvalue weighted by Gasteiger charge is 2.18. The fraction of sp³-hybridized carbons (Fsp3) is 0.190. The van der Waals surface area contributed by atoms with Crippen molar-refractivity contribution >= 4 is 32.4 Å². The van der Waals surface area contributed by atoms with Gasteiger partial charge in [0.1, 0.15) is 5.75 Å². The van der Waals surface area contributed by atoms with E-state index in [1.165, 1.54) is 26.2 Å². The van der Waals surface area contributed by atoms with Gasteiger partial charge in [0.15, 0.2) is 6.61 Å². The molecule has 0 radical (unpaired) electrons. The number of amides is 1. The van der Waals surface area contributed by atoms with E-state index < -0.39 is 10.0 Å². The molecule has 146 valence electrons. The predicted octanol–water partition coefficient (Wildman–Crippen LogP) is 3.42. The SMILES string of the molecule is Cc1cc(S(=O)(=O)N(C)C)ccc1OCC(=O)Nc1cccc2ccccc12. The summed E-state index contributed by atoms with van der Waals surface area (Å²) >= 11 is 0. The van der Waals surface area contributed by atoms with Gasteiger partial charge < -0.3 is 10.1 Å². The van der Waals surface area contributed by atoms with Crippen LogP contribution in [0.4, 0.5) is 5.69 Å². The molecular formula is C21H22N2O4S. The van der Waals surface area contributed by atoms with Gasteiger partial charge in [-0.3, -0.25) is 4.79 Å². The summed E-state index contributed by atoms with van der Waals surface area (Å²) in [5.74, 6) is 0.173. The number of aryl methyl sites for hydroxylation is 1. The zero-order chi connectivity index (χ0) is 20.3. The third-order valence-electron chi connectivity index (χ3n) is 4.35. The van der Waals surface area contributed by atoms with E-state index >= 15 is 0 Å². The zero-order valence-corrected chi connectivity index (χ0v) is 16.8. The molecule has 0 aromatic heterocycles. The Balaban J connectivity index is 1.69. The quantitative estimate of drug-likeness (QED) is 0.690. The molecule has 0 aliphatic carbocycles. The Morgan fingerprint density at radius 1 is 1.04 bits per heavy atom. The first-order chi connectivity index (χ1) is 13.3. The lowest BCUT2D eigenvalue weighted by molar-refractivity contribution is -0.118. The second-order valence-electron chi connectivity index (χ2n) is 6.58. The van der Waals surface area contributed by atoms with Crippen molar-refractivity contribution in [1.29, 1.82) is 0 Å². The third-order valence-corrected chi connectivity index (χ3v) is 6.16. The van der Waals surface area contributed by atoms with Crippen molar-refractivity contribution in [2.24, 2.45) is 0 Å². The predicted molar refractivity (Wildman–Crippen MR) is 110 cm³/mol. The van der Waals surface area contributed by atoms with Gasteiger partial charge in [-0.15, -0.1) is 0 Å². The van der Waals surface area contributed by atoms with E-state index in [1.807, 2.05) is 42.5 Å². The van der Waals surface area contributed by atoms with Crippen LogP contribution in [0.3, 0.4) is 0 Å². The van der Waals surface area contributed by atoms with Crippen molar-refractivity contribution < 1.29 is 17.9 Å². The van der Waals surface area contributed by atoms with Crippen molar-refractivity contribution in [3.05, 3.63) is 66.2 Å². The first-order valence-corrected chi connectivity index (χ1v) is 10.2. The molecule has 0 spiro atoms. The van der Waals surface area contributed by atoms with E-state index in [2.05, 4.69) is 5.32 Å². The second-order valence-corrected chi connectivity index (χ2v) is 8.73. The number of fused-ring (bicyclic) bond motifs is 1. The van der Waals surface area contributed by atoms with Crippen LogP contribution >= 0.6 is 0 Å². The molecule has 3 aromatic carbocycles. The number of carbonyl (C=O) groups is 1. The van der Waals surface area contributed by atoms with E-state index in [0.717, 1.165) is 20.8 Å². The molecule has 3 aromatic rings. The van der Waals surface area contributed by atoms with E-state index in [1.54, 1.807) is 13.0 Å². The van der Waals surface area contributed by atoms with Gasteiger partial charge in [0.2, 0.25) is 10.0 Å². The summed E-state index contributed by atoms with van der Waals surface area (Å²) in [7, 11) is -0.553. The minimum atomic E-state index is -3.51. The third kappa shape index (κ3) is 4.16. The number of benzene rings is 3. The largest absolute Gasteiger partial charge is 0.483 e. The summed E-state index contributed by atoms with van der Waals surface area (Å²) in [6.45, 7) is 1.57. The van der Waals surface area contributed by atoms with E-state index in [4.69, 9.17) is 4.74 Å². The van der Waals surface area contributed by atoms with Crippen LogP contribution in [-0.2, 0) is 14.8 Å². The van der Waals surface area contributed by atoms with Crippen LogP contribution in [0.1, 0.15) is 5.56 Å². The minimum Gasteiger partial charge on any atom is -0.483 e. The monoisotopic (exact) mass is 398 g/mol.